The number of anilines is 2. The second-order valence-corrected chi connectivity index (χ2v) is 5.55. The summed E-state index contributed by atoms with van der Waals surface area (Å²) in [4.78, 5) is 5.74. The lowest BCUT2D eigenvalue weighted by Crippen LogP contribution is -2.42. The van der Waals surface area contributed by atoms with Gasteiger partial charge in [0.15, 0.2) is 0 Å². The van der Waals surface area contributed by atoms with E-state index in [-0.39, 0.29) is 6.04 Å². The third-order valence-corrected chi connectivity index (χ3v) is 3.91. The van der Waals surface area contributed by atoms with E-state index in [4.69, 9.17) is 5.26 Å². The van der Waals surface area contributed by atoms with Crippen LogP contribution in [0.5, 0.6) is 0 Å². The number of piperidine rings is 1. The van der Waals surface area contributed by atoms with Gasteiger partial charge in [-0.25, -0.2) is 9.37 Å². The van der Waals surface area contributed by atoms with E-state index < -0.39 is 11.8 Å². The van der Waals surface area contributed by atoms with Crippen LogP contribution in [0, 0.1) is 23.1 Å². The Kier molecular flexibility index (Phi) is 4.38. The first-order valence-corrected chi connectivity index (χ1v) is 7.49. The first-order valence-electron chi connectivity index (χ1n) is 7.49. The van der Waals surface area contributed by atoms with E-state index in [1.807, 2.05) is 11.0 Å². The SMILES string of the molecule is N#Cc1ccc(N2CCCC(Nc3cccc(F)n3)C2)c(F)c1. The molecule has 0 aliphatic carbocycles. The summed E-state index contributed by atoms with van der Waals surface area (Å²) in [5, 5.41) is 12.0. The Balaban J connectivity index is 1.72. The standard InChI is InChI=1S/C17H16F2N4/c18-14-9-12(10-20)6-7-15(14)23-8-2-3-13(11-23)21-17-5-1-4-16(19)22-17/h1,4-7,9,13H,2-3,8,11H2,(H,21,22). The van der Waals surface area contributed by atoms with Gasteiger partial charge in [0.2, 0.25) is 5.95 Å². The van der Waals surface area contributed by atoms with Crippen LogP contribution < -0.4 is 10.2 Å². The van der Waals surface area contributed by atoms with E-state index in [0.717, 1.165) is 19.4 Å². The maximum atomic E-state index is 14.2. The van der Waals surface area contributed by atoms with E-state index >= 15 is 0 Å². The Morgan fingerprint density at radius 1 is 1.26 bits per heavy atom. The molecule has 0 radical (unpaired) electrons. The van der Waals surface area contributed by atoms with Crippen LogP contribution >= 0.6 is 0 Å². The van der Waals surface area contributed by atoms with Gasteiger partial charge in [0.05, 0.1) is 17.3 Å². The van der Waals surface area contributed by atoms with Crippen molar-refractivity contribution in [3.63, 3.8) is 0 Å². The second kappa shape index (κ2) is 6.61. The molecule has 1 unspecified atom stereocenters. The lowest BCUT2D eigenvalue weighted by molar-refractivity contribution is 0.516. The quantitative estimate of drug-likeness (QED) is 0.883. The van der Waals surface area contributed by atoms with Gasteiger partial charge in [-0.05, 0) is 43.2 Å². The molecule has 1 aliphatic rings. The minimum atomic E-state index is -0.527. The zero-order chi connectivity index (χ0) is 16.2. The molecule has 4 nitrogen and oxygen atoms in total. The fourth-order valence-corrected chi connectivity index (χ4v) is 2.84. The average Bonchev–Trinajstić information content (AvgIpc) is 2.55. The topological polar surface area (TPSA) is 52.0 Å². The number of aromatic nitrogens is 1. The van der Waals surface area contributed by atoms with E-state index in [9.17, 15) is 8.78 Å². The molecule has 1 N–H and O–H groups in total. The van der Waals surface area contributed by atoms with Gasteiger partial charge in [-0.3, -0.25) is 0 Å². The Bertz CT molecular complexity index is 742. The highest BCUT2D eigenvalue weighted by atomic mass is 19.1. The third kappa shape index (κ3) is 3.57. The van der Waals surface area contributed by atoms with Gasteiger partial charge in [0.1, 0.15) is 11.6 Å². The highest BCUT2D eigenvalue weighted by molar-refractivity contribution is 5.52. The highest BCUT2D eigenvalue weighted by Gasteiger charge is 2.22. The summed E-state index contributed by atoms with van der Waals surface area (Å²) in [5.41, 5.74) is 0.796. The van der Waals surface area contributed by atoms with Crippen LogP contribution in [0.3, 0.4) is 0 Å². The minimum Gasteiger partial charge on any atom is -0.367 e. The molecule has 1 aliphatic heterocycles. The first-order chi connectivity index (χ1) is 11.2. The summed E-state index contributed by atoms with van der Waals surface area (Å²) in [5.74, 6) is -0.438. The normalized spacial score (nSPS) is 17.6. The molecule has 1 saturated heterocycles. The van der Waals surface area contributed by atoms with Crippen LogP contribution in [0.15, 0.2) is 36.4 Å². The largest absolute Gasteiger partial charge is 0.367 e. The number of rotatable bonds is 3. The van der Waals surface area contributed by atoms with Gasteiger partial charge in [0, 0.05) is 19.1 Å². The molecule has 1 fully saturated rings. The number of hydrogen-bond donors (Lipinski definition) is 1. The smallest absolute Gasteiger partial charge is 0.214 e. The molecule has 1 atom stereocenters. The van der Waals surface area contributed by atoms with Crippen molar-refractivity contribution in [2.24, 2.45) is 0 Å². The number of hydrogen-bond acceptors (Lipinski definition) is 4. The monoisotopic (exact) mass is 314 g/mol. The first kappa shape index (κ1) is 15.2. The zero-order valence-electron chi connectivity index (χ0n) is 12.5. The molecule has 3 rings (SSSR count). The Morgan fingerprint density at radius 2 is 2.13 bits per heavy atom. The fraction of sp³-hybridized carbons (Fsp3) is 0.294. The van der Waals surface area contributed by atoms with Gasteiger partial charge in [-0.15, -0.1) is 0 Å². The molecule has 6 heteroatoms. The van der Waals surface area contributed by atoms with Crippen molar-refractivity contribution < 1.29 is 8.78 Å². The Labute approximate surface area is 133 Å². The third-order valence-electron chi connectivity index (χ3n) is 3.91. The summed E-state index contributed by atoms with van der Waals surface area (Å²) in [6.07, 6.45) is 1.80. The molecule has 23 heavy (non-hydrogen) atoms. The number of nitriles is 1. The molecule has 1 aromatic heterocycles. The molecule has 0 saturated carbocycles. The Hall–Kier alpha value is -2.68. The van der Waals surface area contributed by atoms with Crippen LogP contribution in [0.1, 0.15) is 18.4 Å². The Morgan fingerprint density at radius 3 is 2.87 bits per heavy atom. The van der Waals surface area contributed by atoms with Crippen molar-refractivity contribution in [1.82, 2.24) is 4.98 Å². The molecule has 2 aromatic rings. The van der Waals surface area contributed by atoms with Crippen molar-refractivity contribution in [2.75, 3.05) is 23.3 Å². The van der Waals surface area contributed by atoms with Gasteiger partial charge in [0.25, 0.3) is 0 Å². The number of nitrogens with zero attached hydrogens (tertiary/aromatic N) is 3. The van der Waals surface area contributed by atoms with Gasteiger partial charge < -0.3 is 10.2 Å². The van der Waals surface area contributed by atoms with Crippen LogP contribution in [0.4, 0.5) is 20.3 Å². The number of nitrogens with one attached hydrogen (secondary N) is 1. The maximum absolute atomic E-state index is 14.2. The predicted molar refractivity (Wildman–Crippen MR) is 84.2 cm³/mol. The predicted octanol–water partition coefficient (Wildman–Crippen LogP) is 3.31. The van der Waals surface area contributed by atoms with Crippen molar-refractivity contribution >= 4 is 11.5 Å². The molecular formula is C17H16F2N4. The van der Waals surface area contributed by atoms with E-state index in [1.54, 1.807) is 24.3 Å². The number of halogens is 2. The zero-order valence-corrected chi connectivity index (χ0v) is 12.5. The van der Waals surface area contributed by atoms with Gasteiger partial charge >= 0.3 is 0 Å². The van der Waals surface area contributed by atoms with Crippen LogP contribution in [0.2, 0.25) is 0 Å². The minimum absolute atomic E-state index is 0.0630. The summed E-state index contributed by atoms with van der Waals surface area (Å²) in [7, 11) is 0. The van der Waals surface area contributed by atoms with Crippen molar-refractivity contribution in [3.05, 3.63) is 53.7 Å². The number of pyridine rings is 1. The van der Waals surface area contributed by atoms with Crippen molar-refractivity contribution in [3.8, 4) is 6.07 Å². The average molecular weight is 314 g/mol. The number of benzene rings is 1. The molecule has 1 aromatic carbocycles. The maximum Gasteiger partial charge on any atom is 0.214 e. The summed E-state index contributed by atoms with van der Waals surface area (Å²) in [6, 6.07) is 11.1. The molecule has 0 bridgehead atoms. The molecule has 0 spiro atoms. The molecule has 2 heterocycles. The lowest BCUT2D eigenvalue weighted by atomic mass is 10.0. The molecule has 118 valence electrons. The summed E-state index contributed by atoms with van der Waals surface area (Å²) in [6.45, 7) is 1.35. The van der Waals surface area contributed by atoms with Gasteiger partial charge in [-0.2, -0.15) is 9.65 Å². The van der Waals surface area contributed by atoms with E-state index in [2.05, 4.69) is 10.3 Å². The highest BCUT2D eigenvalue weighted by Crippen LogP contribution is 2.25. The van der Waals surface area contributed by atoms with E-state index in [0.29, 0.717) is 23.6 Å². The van der Waals surface area contributed by atoms with Crippen LogP contribution in [0.25, 0.3) is 0 Å². The molecule has 0 amide bonds. The van der Waals surface area contributed by atoms with Crippen molar-refractivity contribution in [2.45, 2.75) is 18.9 Å². The van der Waals surface area contributed by atoms with Crippen LogP contribution in [-0.2, 0) is 0 Å². The van der Waals surface area contributed by atoms with Crippen LogP contribution in [-0.4, -0.2) is 24.1 Å². The fourth-order valence-electron chi connectivity index (χ4n) is 2.84. The molecular weight excluding hydrogens is 298 g/mol. The van der Waals surface area contributed by atoms with Gasteiger partial charge in [-0.1, -0.05) is 6.07 Å². The lowest BCUT2D eigenvalue weighted by Gasteiger charge is -2.35. The summed E-state index contributed by atoms with van der Waals surface area (Å²) < 4.78 is 27.3. The summed E-state index contributed by atoms with van der Waals surface area (Å²) >= 11 is 0. The second-order valence-electron chi connectivity index (χ2n) is 5.55. The van der Waals surface area contributed by atoms with Crippen molar-refractivity contribution in [1.29, 1.82) is 5.26 Å². The van der Waals surface area contributed by atoms with E-state index in [1.165, 1.54) is 12.1 Å².